The van der Waals surface area contributed by atoms with Crippen LogP contribution in [0.5, 0.6) is 0 Å². The molecule has 1 atom stereocenters. The van der Waals surface area contributed by atoms with E-state index in [9.17, 15) is 4.79 Å². The molecule has 3 aromatic heterocycles. The quantitative estimate of drug-likeness (QED) is 0.370. The maximum Gasteiger partial charge on any atom is 0.239 e. The van der Waals surface area contributed by atoms with Gasteiger partial charge in [0.05, 0.1) is 15.8 Å². The maximum absolute atomic E-state index is 12.8. The van der Waals surface area contributed by atoms with Crippen molar-refractivity contribution in [2.24, 2.45) is 0 Å². The molecule has 30 heavy (non-hydrogen) atoms. The standard InChI is InChI=1S/C21H19N5OS3/c1-13(19(27)23-20-22-16(12-29-20)14-6-3-2-4-7-14)30-21-25-24-18(17-8-5-11-28-17)26(21)15-9-10-15/h2-8,11-13,15H,9-10H2,1H3,(H,22,23,27)/t13-/m1/s1. The molecule has 9 heteroatoms. The Bertz CT molecular complexity index is 1150. The highest BCUT2D eigenvalue weighted by molar-refractivity contribution is 8.00. The fraction of sp³-hybridized carbons (Fsp3) is 0.238. The third-order valence-electron chi connectivity index (χ3n) is 4.77. The summed E-state index contributed by atoms with van der Waals surface area (Å²) in [6.07, 6.45) is 2.26. The zero-order valence-corrected chi connectivity index (χ0v) is 18.6. The molecule has 1 fully saturated rings. The van der Waals surface area contributed by atoms with Gasteiger partial charge in [0, 0.05) is 17.0 Å². The van der Waals surface area contributed by atoms with Crippen molar-refractivity contribution in [1.29, 1.82) is 0 Å². The van der Waals surface area contributed by atoms with Gasteiger partial charge in [-0.05, 0) is 31.2 Å². The first kappa shape index (κ1) is 19.5. The molecule has 1 N–H and O–H groups in total. The lowest BCUT2D eigenvalue weighted by atomic mass is 10.2. The number of hydrogen-bond donors (Lipinski definition) is 1. The van der Waals surface area contributed by atoms with Gasteiger partial charge in [0.25, 0.3) is 0 Å². The summed E-state index contributed by atoms with van der Waals surface area (Å²) in [6.45, 7) is 1.89. The van der Waals surface area contributed by atoms with Crippen molar-refractivity contribution in [3.63, 3.8) is 0 Å². The number of anilines is 1. The van der Waals surface area contributed by atoms with Crippen molar-refractivity contribution >= 4 is 45.5 Å². The number of carbonyl (C=O) groups is 1. The van der Waals surface area contributed by atoms with Gasteiger partial charge in [0.15, 0.2) is 16.1 Å². The average Bonchev–Trinajstić information content (AvgIpc) is 3.14. The number of benzene rings is 1. The molecule has 3 heterocycles. The molecule has 1 saturated carbocycles. The Kier molecular flexibility index (Phi) is 5.41. The molecule has 0 bridgehead atoms. The summed E-state index contributed by atoms with van der Waals surface area (Å²) in [5, 5.41) is 16.8. The molecule has 5 rings (SSSR count). The lowest BCUT2D eigenvalue weighted by molar-refractivity contribution is -0.115. The van der Waals surface area contributed by atoms with Crippen molar-refractivity contribution in [3.8, 4) is 22.0 Å². The second-order valence-electron chi connectivity index (χ2n) is 7.04. The van der Waals surface area contributed by atoms with E-state index in [1.54, 1.807) is 11.3 Å². The third-order valence-corrected chi connectivity index (χ3v) is 7.45. The van der Waals surface area contributed by atoms with Gasteiger partial charge in [0.2, 0.25) is 5.91 Å². The first-order chi connectivity index (χ1) is 14.7. The van der Waals surface area contributed by atoms with Crippen molar-refractivity contribution < 1.29 is 4.79 Å². The van der Waals surface area contributed by atoms with Gasteiger partial charge in [0.1, 0.15) is 0 Å². The number of rotatable bonds is 7. The summed E-state index contributed by atoms with van der Waals surface area (Å²) in [7, 11) is 0. The average molecular weight is 454 g/mol. The Hall–Kier alpha value is -2.49. The van der Waals surface area contributed by atoms with E-state index < -0.39 is 0 Å². The van der Waals surface area contributed by atoms with Crippen LogP contribution in [0.4, 0.5) is 5.13 Å². The molecule has 152 valence electrons. The molecule has 0 radical (unpaired) electrons. The van der Waals surface area contributed by atoms with Gasteiger partial charge in [-0.2, -0.15) is 0 Å². The molecule has 1 aliphatic carbocycles. The summed E-state index contributed by atoms with van der Waals surface area (Å²) >= 11 is 4.54. The van der Waals surface area contributed by atoms with Crippen LogP contribution in [-0.2, 0) is 4.79 Å². The fourth-order valence-electron chi connectivity index (χ4n) is 3.08. The number of thiazole rings is 1. The first-order valence-electron chi connectivity index (χ1n) is 9.66. The largest absolute Gasteiger partial charge is 0.301 e. The Balaban J connectivity index is 1.29. The fourth-order valence-corrected chi connectivity index (χ4v) is 5.43. The number of hydrogen-bond acceptors (Lipinski definition) is 7. The van der Waals surface area contributed by atoms with Crippen LogP contribution in [0.3, 0.4) is 0 Å². The Morgan fingerprint density at radius 2 is 2.00 bits per heavy atom. The van der Waals surface area contributed by atoms with E-state index in [2.05, 4.69) is 31.1 Å². The normalized spacial score (nSPS) is 14.6. The third kappa shape index (κ3) is 4.05. The zero-order valence-electron chi connectivity index (χ0n) is 16.2. The number of nitrogens with zero attached hydrogens (tertiary/aromatic N) is 4. The molecular weight excluding hydrogens is 434 g/mol. The monoisotopic (exact) mass is 453 g/mol. The van der Waals surface area contributed by atoms with Crippen molar-refractivity contribution in [2.75, 3.05) is 5.32 Å². The molecule has 0 saturated heterocycles. The van der Waals surface area contributed by atoms with Crippen LogP contribution in [0, 0.1) is 0 Å². The highest BCUT2D eigenvalue weighted by Gasteiger charge is 2.31. The number of aromatic nitrogens is 4. The van der Waals surface area contributed by atoms with E-state index in [1.807, 2.05) is 54.1 Å². The molecule has 0 unspecified atom stereocenters. The van der Waals surface area contributed by atoms with Gasteiger partial charge >= 0.3 is 0 Å². The first-order valence-corrected chi connectivity index (χ1v) is 12.3. The Labute approximate surface area is 186 Å². The van der Waals surface area contributed by atoms with Crippen LogP contribution in [0.15, 0.2) is 58.4 Å². The molecule has 1 amide bonds. The molecule has 0 aliphatic heterocycles. The van der Waals surface area contributed by atoms with E-state index >= 15 is 0 Å². The highest BCUT2D eigenvalue weighted by Crippen LogP contribution is 2.42. The number of nitrogens with one attached hydrogen (secondary N) is 1. The minimum absolute atomic E-state index is 0.0861. The SMILES string of the molecule is C[C@@H](Sc1nnc(-c2cccs2)n1C1CC1)C(=O)Nc1nc(-c2ccccc2)cs1. The van der Waals surface area contributed by atoms with Crippen LogP contribution in [0.2, 0.25) is 0 Å². The smallest absolute Gasteiger partial charge is 0.239 e. The predicted molar refractivity (Wildman–Crippen MR) is 123 cm³/mol. The van der Waals surface area contributed by atoms with Gasteiger partial charge in [-0.25, -0.2) is 4.98 Å². The molecular formula is C21H19N5OS3. The molecule has 0 spiro atoms. The van der Waals surface area contributed by atoms with Crippen LogP contribution in [-0.4, -0.2) is 30.9 Å². The van der Waals surface area contributed by atoms with Gasteiger partial charge in [-0.3, -0.25) is 9.36 Å². The second-order valence-corrected chi connectivity index (χ2v) is 10.2. The summed E-state index contributed by atoms with van der Waals surface area (Å²) in [5.74, 6) is 0.812. The van der Waals surface area contributed by atoms with Gasteiger partial charge < -0.3 is 5.32 Å². The summed E-state index contributed by atoms with van der Waals surface area (Å²) in [6, 6.07) is 14.5. The number of carbonyl (C=O) groups excluding carboxylic acids is 1. The van der Waals surface area contributed by atoms with Gasteiger partial charge in [-0.15, -0.1) is 32.9 Å². The lowest BCUT2D eigenvalue weighted by Gasteiger charge is -2.12. The molecule has 1 aromatic carbocycles. The molecule has 6 nitrogen and oxygen atoms in total. The lowest BCUT2D eigenvalue weighted by Crippen LogP contribution is -2.22. The zero-order chi connectivity index (χ0) is 20.5. The molecule has 1 aliphatic rings. The predicted octanol–water partition coefficient (Wildman–Crippen LogP) is 5.58. The topological polar surface area (TPSA) is 72.7 Å². The number of amides is 1. The maximum atomic E-state index is 12.8. The summed E-state index contributed by atoms with van der Waals surface area (Å²) in [5.41, 5.74) is 1.90. The number of thioether (sulfide) groups is 1. The summed E-state index contributed by atoms with van der Waals surface area (Å²) in [4.78, 5) is 18.4. The van der Waals surface area contributed by atoms with Crippen LogP contribution in [0.1, 0.15) is 25.8 Å². The van der Waals surface area contributed by atoms with Crippen molar-refractivity contribution in [1.82, 2.24) is 19.7 Å². The second kappa shape index (κ2) is 8.33. The highest BCUT2D eigenvalue weighted by atomic mass is 32.2. The Morgan fingerprint density at radius 1 is 1.17 bits per heavy atom. The van der Waals surface area contributed by atoms with Crippen LogP contribution >= 0.6 is 34.4 Å². The van der Waals surface area contributed by atoms with Crippen molar-refractivity contribution in [2.45, 2.75) is 36.2 Å². The Morgan fingerprint density at radius 3 is 2.73 bits per heavy atom. The minimum Gasteiger partial charge on any atom is -0.301 e. The van der Waals surface area contributed by atoms with E-state index in [0.717, 1.165) is 40.0 Å². The summed E-state index contributed by atoms with van der Waals surface area (Å²) < 4.78 is 2.19. The minimum atomic E-state index is -0.313. The van der Waals surface area contributed by atoms with E-state index in [-0.39, 0.29) is 11.2 Å². The van der Waals surface area contributed by atoms with Gasteiger partial charge in [-0.1, -0.05) is 48.2 Å². The van der Waals surface area contributed by atoms with Crippen molar-refractivity contribution in [3.05, 3.63) is 53.2 Å². The molecule has 4 aromatic rings. The number of thiophene rings is 1. The van der Waals surface area contributed by atoms with Crippen LogP contribution in [0.25, 0.3) is 22.0 Å². The van der Waals surface area contributed by atoms with E-state index in [0.29, 0.717) is 11.2 Å². The van der Waals surface area contributed by atoms with Crippen LogP contribution < -0.4 is 5.32 Å². The van der Waals surface area contributed by atoms with E-state index in [4.69, 9.17) is 0 Å². The van der Waals surface area contributed by atoms with E-state index in [1.165, 1.54) is 23.1 Å².